The Kier molecular flexibility index (Phi) is 5.43. The van der Waals surface area contributed by atoms with Crippen LogP contribution < -0.4 is 10.1 Å². The van der Waals surface area contributed by atoms with Gasteiger partial charge in [-0.15, -0.1) is 0 Å². The number of anilines is 1. The molecule has 0 aromatic heterocycles. The quantitative estimate of drug-likeness (QED) is 0.868. The summed E-state index contributed by atoms with van der Waals surface area (Å²) < 4.78 is 5.94. The maximum atomic E-state index is 12.6. The second kappa shape index (κ2) is 7.32. The van der Waals surface area contributed by atoms with Crippen molar-refractivity contribution in [2.75, 3.05) is 5.32 Å². The third-order valence-electron chi connectivity index (χ3n) is 3.91. The molecular formula is C20H25NO2. The van der Waals surface area contributed by atoms with Crippen LogP contribution in [0, 0.1) is 27.7 Å². The lowest BCUT2D eigenvalue weighted by Crippen LogP contribution is -2.32. The van der Waals surface area contributed by atoms with Gasteiger partial charge in [-0.1, -0.05) is 36.8 Å². The van der Waals surface area contributed by atoms with Crippen molar-refractivity contribution < 1.29 is 9.53 Å². The summed E-state index contributed by atoms with van der Waals surface area (Å²) in [6.07, 6.45) is 0.112. The van der Waals surface area contributed by atoms with E-state index in [1.54, 1.807) is 0 Å². The third-order valence-corrected chi connectivity index (χ3v) is 3.91. The Bertz CT molecular complexity index is 707. The number of hydrogen-bond acceptors (Lipinski definition) is 2. The van der Waals surface area contributed by atoms with E-state index in [9.17, 15) is 4.79 Å². The third kappa shape index (κ3) is 4.35. The van der Waals surface area contributed by atoms with E-state index < -0.39 is 6.10 Å². The number of hydrogen-bond donors (Lipinski definition) is 1. The van der Waals surface area contributed by atoms with Crippen LogP contribution in [0.2, 0.25) is 0 Å². The Morgan fingerprint density at radius 1 is 1.00 bits per heavy atom. The molecule has 1 amide bonds. The molecule has 122 valence electrons. The fourth-order valence-electron chi connectivity index (χ4n) is 2.49. The maximum Gasteiger partial charge on any atom is 0.265 e. The van der Waals surface area contributed by atoms with Crippen molar-refractivity contribution in [3.8, 4) is 5.75 Å². The highest BCUT2D eigenvalue weighted by atomic mass is 16.5. The van der Waals surface area contributed by atoms with Crippen LogP contribution in [0.25, 0.3) is 0 Å². The first kappa shape index (κ1) is 17.1. The second-order valence-corrected chi connectivity index (χ2v) is 6.09. The first-order chi connectivity index (χ1) is 10.9. The molecule has 2 aromatic carbocycles. The van der Waals surface area contributed by atoms with Gasteiger partial charge in [0, 0.05) is 5.69 Å². The Labute approximate surface area is 138 Å². The van der Waals surface area contributed by atoms with Crippen molar-refractivity contribution in [3.05, 3.63) is 58.7 Å². The number of carbonyl (C=O) groups excluding carboxylic acids is 1. The molecule has 3 heteroatoms. The van der Waals surface area contributed by atoms with E-state index in [0.717, 1.165) is 28.1 Å². The zero-order valence-electron chi connectivity index (χ0n) is 14.6. The summed E-state index contributed by atoms with van der Waals surface area (Å²) >= 11 is 0. The first-order valence-electron chi connectivity index (χ1n) is 8.02. The maximum absolute atomic E-state index is 12.6. The van der Waals surface area contributed by atoms with Crippen LogP contribution in [-0.4, -0.2) is 12.0 Å². The predicted molar refractivity (Wildman–Crippen MR) is 95.2 cm³/mol. The average molecular weight is 311 g/mol. The number of nitrogens with one attached hydrogen (secondary N) is 1. The van der Waals surface area contributed by atoms with E-state index in [2.05, 4.69) is 11.4 Å². The molecule has 0 saturated heterocycles. The van der Waals surface area contributed by atoms with Gasteiger partial charge in [0.1, 0.15) is 5.75 Å². The summed E-state index contributed by atoms with van der Waals surface area (Å²) in [5, 5.41) is 2.99. The summed E-state index contributed by atoms with van der Waals surface area (Å²) in [5.74, 6) is 0.653. The molecule has 0 aliphatic carbocycles. The molecule has 3 nitrogen and oxygen atoms in total. The van der Waals surface area contributed by atoms with Crippen molar-refractivity contribution >= 4 is 11.6 Å². The van der Waals surface area contributed by atoms with Crippen LogP contribution in [0.3, 0.4) is 0 Å². The average Bonchev–Trinajstić information content (AvgIpc) is 2.50. The number of ether oxygens (including phenoxy) is 1. The van der Waals surface area contributed by atoms with Crippen LogP contribution in [0.5, 0.6) is 5.75 Å². The van der Waals surface area contributed by atoms with Crippen LogP contribution in [0.15, 0.2) is 36.4 Å². The van der Waals surface area contributed by atoms with Crippen LogP contribution >= 0.6 is 0 Å². The molecule has 1 atom stereocenters. The molecule has 0 fully saturated rings. The number of amides is 1. The van der Waals surface area contributed by atoms with E-state index in [1.165, 1.54) is 5.56 Å². The van der Waals surface area contributed by atoms with E-state index in [1.807, 2.05) is 65.0 Å². The van der Waals surface area contributed by atoms with Gasteiger partial charge in [0.2, 0.25) is 0 Å². The van der Waals surface area contributed by atoms with E-state index in [4.69, 9.17) is 4.74 Å². The highest BCUT2D eigenvalue weighted by Crippen LogP contribution is 2.22. The van der Waals surface area contributed by atoms with Gasteiger partial charge in [0.05, 0.1) is 0 Å². The number of aryl methyl sites for hydroxylation is 4. The van der Waals surface area contributed by atoms with E-state index in [0.29, 0.717) is 6.42 Å². The SMILES string of the molecule is CC[C@@H](Oc1ccc(C)cc1C)C(=O)Nc1cc(C)ccc1C. The van der Waals surface area contributed by atoms with Crippen molar-refractivity contribution in [2.45, 2.75) is 47.1 Å². The Morgan fingerprint density at radius 2 is 1.65 bits per heavy atom. The first-order valence-corrected chi connectivity index (χ1v) is 8.02. The monoisotopic (exact) mass is 311 g/mol. The van der Waals surface area contributed by atoms with Gasteiger partial charge in [0.15, 0.2) is 6.10 Å². The summed E-state index contributed by atoms with van der Waals surface area (Å²) in [6, 6.07) is 12.0. The molecule has 0 heterocycles. The normalized spacial score (nSPS) is 11.9. The smallest absolute Gasteiger partial charge is 0.265 e. The van der Waals surface area contributed by atoms with Gasteiger partial charge in [0.25, 0.3) is 5.91 Å². The molecule has 0 aliphatic rings. The topological polar surface area (TPSA) is 38.3 Å². The van der Waals surface area contributed by atoms with Crippen molar-refractivity contribution in [1.29, 1.82) is 0 Å². The lowest BCUT2D eigenvalue weighted by Gasteiger charge is -2.19. The number of rotatable bonds is 5. The molecule has 0 unspecified atom stereocenters. The van der Waals surface area contributed by atoms with Crippen LogP contribution in [-0.2, 0) is 4.79 Å². The Balaban J connectivity index is 2.13. The molecule has 1 N–H and O–H groups in total. The summed E-state index contributed by atoms with van der Waals surface area (Å²) in [5.41, 5.74) is 5.24. The molecule has 0 radical (unpaired) electrons. The van der Waals surface area contributed by atoms with Crippen molar-refractivity contribution in [3.63, 3.8) is 0 Å². The highest BCUT2D eigenvalue weighted by Gasteiger charge is 2.20. The van der Waals surface area contributed by atoms with E-state index >= 15 is 0 Å². The van der Waals surface area contributed by atoms with Crippen molar-refractivity contribution in [2.24, 2.45) is 0 Å². The van der Waals surface area contributed by atoms with Gasteiger partial charge in [-0.3, -0.25) is 4.79 Å². The summed E-state index contributed by atoms with van der Waals surface area (Å²) in [7, 11) is 0. The standard InChI is InChI=1S/C20H25NO2/c1-6-18(23-19-10-8-13(2)11-16(19)5)20(22)21-17-12-14(3)7-9-15(17)4/h7-12,18H,6H2,1-5H3,(H,21,22)/t18-/m1/s1. The Hall–Kier alpha value is -2.29. The predicted octanol–water partition coefficient (Wildman–Crippen LogP) is 4.72. The zero-order chi connectivity index (χ0) is 17.0. The number of benzene rings is 2. The largest absolute Gasteiger partial charge is 0.480 e. The van der Waals surface area contributed by atoms with E-state index in [-0.39, 0.29) is 5.91 Å². The molecular weight excluding hydrogens is 286 g/mol. The van der Waals surface area contributed by atoms with Gasteiger partial charge >= 0.3 is 0 Å². The van der Waals surface area contributed by atoms with Gasteiger partial charge in [-0.2, -0.15) is 0 Å². The zero-order valence-corrected chi connectivity index (χ0v) is 14.6. The minimum Gasteiger partial charge on any atom is -0.480 e. The molecule has 0 saturated carbocycles. The van der Waals surface area contributed by atoms with Gasteiger partial charge in [-0.25, -0.2) is 0 Å². The van der Waals surface area contributed by atoms with Gasteiger partial charge < -0.3 is 10.1 Å². The lowest BCUT2D eigenvalue weighted by atomic mass is 10.1. The fraction of sp³-hybridized carbons (Fsp3) is 0.350. The fourth-order valence-corrected chi connectivity index (χ4v) is 2.49. The Morgan fingerprint density at radius 3 is 2.30 bits per heavy atom. The van der Waals surface area contributed by atoms with Gasteiger partial charge in [-0.05, 0) is 62.9 Å². The summed E-state index contributed by atoms with van der Waals surface area (Å²) in [4.78, 5) is 12.6. The number of carbonyl (C=O) groups is 1. The molecule has 2 rings (SSSR count). The molecule has 0 bridgehead atoms. The minimum atomic E-state index is -0.503. The second-order valence-electron chi connectivity index (χ2n) is 6.09. The minimum absolute atomic E-state index is 0.110. The van der Waals surface area contributed by atoms with Crippen molar-refractivity contribution in [1.82, 2.24) is 0 Å². The van der Waals surface area contributed by atoms with Crippen LogP contribution in [0.4, 0.5) is 5.69 Å². The highest BCUT2D eigenvalue weighted by molar-refractivity contribution is 5.95. The lowest BCUT2D eigenvalue weighted by molar-refractivity contribution is -0.122. The van der Waals surface area contributed by atoms with Crippen LogP contribution in [0.1, 0.15) is 35.6 Å². The molecule has 0 spiro atoms. The summed E-state index contributed by atoms with van der Waals surface area (Å²) in [6.45, 7) is 10.00. The molecule has 23 heavy (non-hydrogen) atoms. The molecule has 2 aromatic rings. The molecule has 0 aliphatic heterocycles.